The summed E-state index contributed by atoms with van der Waals surface area (Å²) >= 11 is 0. The monoisotopic (exact) mass is 313 g/mol. The van der Waals surface area contributed by atoms with Crippen LogP contribution in [-0.2, 0) is 18.5 Å². The molecule has 0 atom stereocenters. The Balaban J connectivity index is 1.93. The molecule has 0 aliphatic heterocycles. The first-order chi connectivity index (χ1) is 11.1. The highest BCUT2D eigenvalue weighted by molar-refractivity contribution is 5.85. The summed E-state index contributed by atoms with van der Waals surface area (Å²) in [5.41, 5.74) is 3.00. The Morgan fingerprint density at radius 1 is 1.48 bits per heavy atom. The van der Waals surface area contributed by atoms with E-state index in [0.717, 1.165) is 16.8 Å². The van der Waals surface area contributed by atoms with E-state index in [1.54, 1.807) is 19.2 Å². The van der Waals surface area contributed by atoms with Crippen molar-refractivity contribution in [2.45, 2.75) is 26.4 Å². The van der Waals surface area contributed by atoms with Gasteiger partial charge in [-0.2, -0.15) is 9.36 Å². The Bertz CT molecular complexity index is 814. The molecule has 120 valence electrons. The number of aromatic nitrogens is 4. The van der Waals surface area contributed by atoms with Gasteiger partial charge in [-0.1, -0.05) is 29.9 Å². The molecule has 0 unspecified atom stereocenters. The van der Waals surface area contributed by atoms with E-state index < -0.39 is 0 Å². The smallest absolute Gasteiger partial charge is 0.368 e. The fraction of sp³-hybridized carbons (Fsp3) is 0.375. The van der Waals surface area contributed by atoms with Crippen LogP contribution in [0.25, 0.3) is 11.8 Å². The quantitative estimate of drug-likeness (QED) is 0.603. The molecule has 1 aromatic carbocycles. The molecule has 1 aliphatic rings. The van der Waals surface area contributed by atoms with Crippen LogP contribution in [0, 0.1) is 5.92 Å². The van der Waals surface area contributed by atoms with Crippen LogP contribution in [0.3, 0.4) is 0 Å². The average Bonchev–Trinajstić information content (AvgIpc) is 3.35. The minimum absolute atomic E-state index is 0.241. The number of aryl methyl sites for hydroxylation is 1. The van der Waals surface area contributed by atoms with Gasteiger partial charge in [-0.05, 0) is 41.8 Å². The van der Waals surface area contributed by atoms with Crippen molar-refractivity contribution < 1.29 is 4.84 Å². The fourth-order valence-electron chi connectivity index (χ4n) is 2.38. The topological polar surface area (TPSA) is 74.3 Å². The van der Waals surface area contributed by atoms with Crippen molar-refractivity contribution in [3.63, 3.8) is 0 Å². The second-order valence-corrected chi connectivity index (χ2v) is 5.63. The highest BCUT2D eigenvalue weighted by Gasteiger charge is 2.25. The van der Waals surface area contributed by atoms with E-state index in [1.807, 2.05) is 19.1 Å². The minimum Gasteiger partial charge on any atom is -0.391 e. The van der Waals surface area contributed by atoms with Gasteiger partial charge in [0.25, 0.3) is 0 Å². The molecule has 1 heterocycles. The number of tetrazole rings is 1. The summed E-state index contributed by atoms with van der Waals surface area (Å²) in [6.45, 7) is 6.03. The molecule has 1 saturated carbocycles. The summed E-state index contributed by atoms with van der Waals surface area (Å²) in [5, 5.41) is 11.8. The van der Waals surface area contributed by atoms with Gasteiger partial charge in [0.05, 0.1) is 11.4 Å². The number of nitrogens with zero attached hydrogens (tertiary/aromatic N) is 5. The van der Waals surface area contributed by atoms with Crippen molar-refractivity contribution in [2.75, 3.05) is 0 Å². The number of benzene rings is 1. The highest BCUT2D eigenvalue weighted by atomic mass is 16.6. The van der Waals surface area contributed by atoms with Crippen LogP contribution in [0.4, 0.5) is 0 Å². The average molecular weight is 313 g/mol. The molecule has 3 rings (SSSR count). The lowest BCUT2D eigenvalue weighted by molar-refractivity contribution is 0.129. The van der Waals surface area contributed by atoms with Crippen LogP contribution in [0.5, 0.6) is 0 Å². The van der Waals surface area contributed by atoms with Gasteiger partial charge in [-0.3, -0.25) is 0 Å². The molecule has 23 heavy (non-hydrogen) atoms. The van der Waals surface area contributed by atoms with Gasteiger partial charge in [0, 0.05) is 18.5 Å². The zero-order chi connectivity index (χ0) is 16.4. The Hall–Kier alpha value is -2.70. The van der Waals surface area contributed by atoms with E-state index in [2.05, 4.69) is 22.2 Å². The maximum Gasteiger partial charge on any atom is 0.368 e. The normalized spacial score (nSPS) is 14.8. The van der Waals surface area contributed by atoms with Crippen molar-refractivity contribution in [3.05, 3.63) is 46.4 Å². The molecule has 7 nitrogen and oxygen atoms in total. The second kappa shape index (κ2) is 6.20. The van der Waals surface area contributed by atoms with E-state index in [9.17, 15) is 4.79 Å². The lowest BCUT2D eigenvalue weighted by Crippen LogP contribution is -2.23. The summed E-state index contributed by atoms with van der Waals surface area (Å²) in [4.78, 5) is 17.6. The van der Waals surface area contributed by atoms with Crippen molar-refractivity contribution in [1.29, 1.82) is 0 Å². The summed E-state index contributed by atoms with van der Waals surface area (Å²) in [5.74, 6) is 0.562. The fourth-order valence-corrected chi connectivity index (χ4v) is 2.38. The first-order valence-corrected chi connectivity index (χ1v) is 7.52. The van der Waals surface area contributed by atoms with Crippen LogP contribution in [0.2, 0.25) is 0 Å². The van der Waals surface area contributed by atoms with E-state index in [0.29, 0.717) is 11.6 Å². The Morgan fingerprint density at radius 3 is 2.87 bits per heavy atom. The van der Waals surface area contributed by atoms with Crippen molar-refractivity contribution in [3.8, 4) is 5.69 Å². The van der Waals surface area contributed by atoms with Crippen LogP contribution < -0.4 is 5.69 Å². The molecule has 0 amide bonds. The van der Waals surface area contributed by atoms with Gasteiger partial charge in [-0.15, -0.1) is 0 Å². The van der Waals surface area contributed by atoms with Gasteiger partial charge < -0.3 is 4.84 Å². The molecule has 0 N–H and O–H groups in total. The molecule has 7 heteroatoms. The number of rotatable bonds is 6. The standard InChI is InChI=1S/C16H19N5O2/c1-4-12-6-5-7-15(21-16(22)20(3)18-19-21)14(12)10-23-17-11(2)13-8-9-13/h4-7,13H,1,8-10H2,2-3H3. The van der Waals surface area contributed by atoms with E-state index in [-0.39, 0.29) is 12.3 Å². The van der Waals surface area contributed by atoms with E-state index in [4.69, 9.17) is 4.84 Å². The molecule has 1 aromatic heterocycles. The van der Waals surface area contributed by atoms with Gasteiger partial charge >= 0.3 is 5.69 Å². The third-order valence-electron chi connectivity index (χ3n) is 3.94. The summed E-state index contributed by atoms with van der Waals surface area (Å²) < 4.78 is 2.43. The predicted molar refractivity (Wildman–Crippen MR) is 87.3 cm³/mol. The molecule has 1 aliphatic carbocycles. The number of hydrogen-bond acceptors (Lipinski definition) is 5. The summed E-state index contributed by atoms with van der Waals surface area (Å²) in [6.07, 6.45) is 4.09. The van der Waals surface area contributed by atoms with E-state index >= 15 is 0 Å². The maximum atomic E-state index is 12.1. The molecule has 0 saturated heterocycles. The second-order valence-electron chi connectivity index (χ2n) is 5.63. The van der Waals surface area contributed by atoms with Gasteiger partial charge in [0.15, 0.2) is 0 Å². The lowest BCUT2D eigenvalue weighted by Gasteiger charge is -2.11. The molecule has 0 bridgehead atoms. The maximum absolute atomic E-state index is 12.1. The highest BCUT2D eigenvalue weighted by Crippen LogP contribution is 2.30. The van der Waals surface area contributed by atoms with Crippen LogP contribution in [0.15, 0.2) is 34.7 Å². The number of hydrogen-bond donors (Lipinski definition) is 0. The van der Waals surface area contributed by atoms with Crippen LogP contribution in [0.1, 0.15) is 30.9 Å². The minimum atomic E-state index is -0.315. The molecule has 0 radical (unpaired) electrons. The van der Waals surface area contributed by atoms with E-state index in [1.165, 1.54) is 22.2 Å². The van der Waals surface area contributed by atoms with Crippen LogP contribution in [-0.4, -0.2) is 25.5 Å². The third-order valence-corrected chi connectivity index (χ3v) is 3.94. The first-order valence-electron chi connectivity index (χ1n) is 7.52. The predicted octanol–water partition coefficient (Wildman–Crippen LogP) is 1.91. The van der Waals surface area contributed by atoms with Gasteiger partial charge in [0.1, 0.15) is 6.61 Å². The Kier molecular flexibility index (Phi) is 4.10. The Labute approximate surface area is 133 Å². The first kappa shape index (κ1) is 15.2. The molecule has 2 aromatic rings. The Morgan fingerprint density at radius 2 is 2.26 bits per heavy atom. The lowest BCUT2D eigenvalue weighted by atomic mass is 10.1. The van der Waals surface area contributed by atoms with Crippen LogP contribution >= 0.6 is 0 Å². The third kappa shape index (κ3) is 3.08. The van der Waals surface area contributed by atoms with Crippen molar-refractivity contribution in [1.82, 2.24) is 19.8 Å². The SMILES string of the molecule is C=Cc1cccc(-n2nnn(C)c2=O)c1CON=C(C)C1CC1. The zero-order valence-corrected chi connectivity index (χ0v) is 13.3. The van der Waals surface area contributed by atoms with Gasteiger partial charge in [0.2, 0.25) is 0 Å². The molecular weight excluding hydrogens is 294 g/mol. The summed E-state index contributed by atoms with van der Waals surface area (Å²) in [7, 11) is 1.56. The molecule has 1 fully saturated rings. The van der Waals surface area contributed by atoms with Gasteiger partial charge in [-0.25, -0.2) is 4.79 Å². The molecule has 0 spiro atoms. The van der Waals surface area contributed by atoms with Crippen molar-refractivity contribution >= 4 is 11.8 Å². The largest absolute Gasteiger partial charge is 0.391 e. The molecular formula is C16H19N5O2. The number of oxime groups is 1. The summed E-state index contributed by atoms with van der Waals surface area (Å²) in [6, 6.07) is 5.56. The van der Waals surface area contributed by atoms with Crippen molar-refractivity contribution in [2.24, 2.45) is 18.1 Å². The zero-order valence-electron chi connectivity index (χ0n) is 13.3.